The third kappa shape index (κ3) is 1.59. The number of hydrogen-bond donors (Lipinski definition) is 0. The molecule has 2 heterocycles. The van der Waals surface area contributed by atoms with Gasteiger partial charge in [-0.05, 0) is 20.8 Å². The maximum atomic E-state index is 11.0. The highest BCUT2D eigenvalue weighted by atomic mass is 35.5. The van der Waals surface area contributed by atoms with Gasteiger partial charge in [0, 0.05) is 17.3 Å². The van der Waals surface area contributed by atoms with Crippen LogP contribution in [0.25, 0.3) is 11.0 Å². The van der Waals surface area contributed by atoms with Gasteiger partial charge in [-0.3, -0.25) is 4.79 Å². The van der Waals surface area contributed by atoms with E-state index in [1.165, 1.54) is 6.33 Å². The fourth-order valence-electron chi connectivity index (χ4n) is 1.65. The second kappa shape index (κ2) is 3.56. The van der Waals surface area contributed by atoms with Crippen molar-refractivity contribution in [2.45, 2.75) is 26.3 Å². The van der Waals surface area contributed by atoms with Gasteiger partial charge in [0.1, 0.15) is 17.1 Å². The Hall–Kier alpha value is -1.42. The van der Waals surface area contributed by atoms with E-state index in [4.69, 9.17) is 11.6 Å². The summed E-state index contributed by atoms with van der Waals surface area (Å²) in [6.07, 6.45) is 3.94. The Morgan fingerprint density at radius 2 is 2.06 bits per heavy atom. The Labute approximate surface area is 98.3 Å². The standard InChI is InChI=1S/C11H12ClN3O/c1-11(2,3)15-4-7(5-16)8-9(12)13-6-14-10(8)15/h4-6H,1-3H3. The van der Waals surface area contributed by atoms with Crippen LogP contribution in [0.1, 0.15) is 31.1 Å². The molecule has 5 heteroatoms. The number of carbonyl (C=O) groups excluding carboxylic acids is 1. The van der Waals surface area contributed by atoms with Crippen molar-refractivity contribution < 1.29 is 4.79 Å². The second-order valence-electron chi connectivity index (χ2n) is 4.61. The molecule has 16 heavy (non-hydrogen) atoms. The zero-order chi connectivity index (χ0) is 11.9. The average Bonchev–Trinajstić information content (AvgIpc) is 2.57. The lowest BCUT2D eigenvalue weighted by Crippen LogP contribution is -2.21. The molecule has 0 amide bonds. The highest BCUT2D eigenvalue weighted by molar-refractivity contribution is 6.35. The molecule has 0 atom stereocenters. The summed E-state index contributed by atoms with van der Waals surface area (Å²) >= 11 is 5.98. The first-order valence-corrected chi connectivity index (χ1v) is 5.30. The summed E-state index contributed by atoms with van der Waals surface area (Å²) in [6, 6.07) is 0. The highest BCUT2D eigenvalue weighted by Crippen LogP contribution is 2.28. The molecule has 0 saturated carbocycles. The van der Waals surface area contributed by atoms with E-state index >= 15 is 0 Å². The van der Waals surface area contributed by atoms with Crippen LogP contribution in [0.3, 0.4) is 0 Å². The van der Waals surface area contributed by atoms with Gasteiger partial charge in [0.15, 0.2) is 6.29 Å². The van der Waals surface area contributed by atoms with Crippen molar-refractivity contribution in [3.05, 3.63) is 23.2 Å². The van der Waals surface area contributed by atoms with E-state index in [9.17, 15) is 4.79 Å². The van der Waals surface area contributed by atoms with Gasteiger partial charge in [0.2, 0.25) is 0 Å². The van der Waals surface area contributed by atoms with Crippen molar-refractivity contribution >= 4 is 28.9 Å². The molecule has 84 valence electrons. The summed E-state index contributed by atoms with van der Waals surface area (Å²) in [4.78, 5) is 19.1. The Kier molecular flexibility index (Phi) is 2.46. The predicted molar refractivity (Wildman–Crippen MR) is 62.9 cm³/mol. The van der Waals surface area contributed by atoms with E-state index in [2.05, 4.69) is 9.97 Å². The lowest BCUT2D eigenvalue weighted by molar-refractivity contribution is 0.112. The SMILES string of the molecule is CC(C)(C)n1cc(C=O)c2c(Cl)ncnc21. The molecule has 0 radical (unpaired) electrons. The van der Waals surface area contributed by atoms with E-state index < -0.39 is 0 Å². The van der Waals surface area contributed by atoms with Gasteiger partial charge in [-0.25, -0.2) is 9.97 Å². The van der Waals surface area contributed by atoms with Crippen LogP contribution in [0, 0.1) is 0 Å². The molecule has 0 saturated heterocycles. The Morgan fingerprint density at radius 3 is 2.62 bits per heavy atom. The number of halogens is 1. The summed E-state index contributed by atoms with van der Waals surface area (Å²) in [7, 11) is 0. The van der Waals surface area contributed by atoms with Gasteiger partial charge >= 0.3 is 0 Å². The minimum absolute atomic E-state index is 0.156. The molecule has 0 aliphatic carbocycles. The number of rotatable bonds is 1. The van der Waals surface area contributed by atoms with Crippen molar-refractivity contribution in [1.82, 2.24) is 14.5 Å². The van der Waals surface area contributed by atoms with Gasteiger partial charge in [0.25, 0.3) is 0 Å². The van der Waals surface area contributed by atoms with E-state index in [0.717, 1.165) is 6.29 Å². The third-order valence-corrected chi connectivity index (χ3v) is 2.70. The van der Waals surface area contributed by atoms with Crippen molar-refractivity contribution in [2.24, 2.45) is 0 Å². The highest BCUT2D eigenvalue weighted by Gasteiger charge is 2.20. The Bertz CT molecular complexity index is 554. The number of nitrogens with zero attached hydrogens (tertiary/aromatic N) is 3. The van der Waals surface area contributed by atoms with Crippen molar-refractivity contribution in [3.8, 4) is 0 Å². The minimum atomic E-state index is -0.156. The third-order valence-electron chi connectivity index (χ3n) is 2.42. The number of fused-ring (bicyclic) bond motifs is 1. The van der Waals surface area contributed by atoms with Crippen LogP contribution in [0.4, 0.5) is 0 Å². The van der Waals surface area contributed by atoms with E-state index in [1.54, 1.807) is 6.20 Å². The molecule has 0 aliphatic heterocycles. The molecule has 0 spiro atoms. The first-order chi connectivity index (χ1) is 7.45. The molecule has 0 aromatic carbocycles. The summed E-state index contributed by atoms with van der Waals surface area (Å²) in [6.45, 7) is 6.12. The first kappa shape index (κ1) is 11.1. The smallest absolute Gasteiger partial charge is 0.152 e. The quantitative estimate of drug-likeness (QED) is 0.566. The van der Waals surface area contributed by atoms with Crippen LogP contribution in [0.5, 0.6) is 0 Å². The van der Waals surface area contributed by atoms with Crippen LogP contribution in [0.2, 0.25) is 5.15 Å². The largest absolute Gasteiger partial charge is 0.326 e. The van der Waals surface area contributed by atoms with Gasteiger partial charge in [0.05, 0.1) is 5.39 Å². The molecule has 0 bridgehead atoms. The molecule has 0 unspecified atom stereocenters. The molecule has 2 aromatic rings. The van der Waals surface area contributed by atoms with Crippen molar-refractivity contribution in [3.63, 3.8) is 0 Å². The second-order valence-corrected chi connectivity index (χ2v) is 4.96. The number of carbonyl (C=O) groups is 1. The van der Waals surface area contributed by atoms with Crippen LogP contribution in [0.15, 0.2) is 12.5 Å². The summed E-state index contributed by atoms with van der Waals surface area (Å²) < 4.78 is 1.93. The van der Waals surface area contributed by atoms with Gasteiger partial charge in [-0.1, -0.05) is 11.6 Å². The fourth-order valence-corrected chi connectivity index (χ4v) is 1.89. The summed E-state index contributed by atoms with van der Waals surface area (Å²) in [5.41, 5.74) is 1.06. The predicted octanol–water partition coefficient (Wildman–Crippen LogP) is 2.65. The van der Waals surface area contributed by atoms with E-state index in [-0.39, 0.29) is 5.54 Å². The Balaban J connectivity index is 2.89. The van der Waals surface area contributed by atoms with Gasteiger partial charge in [-0.2, -0.15) is 0 Å². The molecule has 2 rings (SSSR count). The average molecular weight is 238 g/mol. The van der Waals surface area contributed by atoms with Crippen LogP contribution >= 0.6 is 11.6 Å². The van der Waals surface area contributed by atoms with Crippen LogP contribution in [-0.2, 0) is 5.54 Å². The maximum Gasteiger partial charge on any atom is 0.152 e. The molecule has 0 fully saturated rings. The van der Waals surface area contributed by atoms with Crippen molar-refractivity contribution in [1.29, 1.82) is 0 Å². The Morgan fingerprint density at radius 1 is 1.38 bits per heavy atom. The molecule has 4 nitrogen and oxygen atoms in total. The maximum absolute atomic E-state index is 11.0. The number of aromatic nitrogens is 3. The molecular weight excluding hydrogens is 226 g/mol. The minimum Gasteiger partial charge on any atom is -0.326 e. The lowest BCUT2D eigenvalue weighted by atomic mass is 10.1. The van der Waals surface area contributed by atoms with Gasteiger partial charge < -0.3 is 4.57 Å². The molecular formula is C11H12ClN3O. The van der Waals surface area contributed by atoms with Crippen LogP contribution in [-0.4, -0.2) is 20.8 Å². The lowest BCUT2D eigenvalue weighted by Gasteiger charge is -2.21. The van der Waals surface area contributed by atoms with Crippen molar-refractivity contribution in [2.75, 3.05) is 0 Å². The molecule has 0 N–H and O–H groups in total. The number of hydrogen-bond acceptors (Lipinski definition) is 3. The zero-order valence-electron chi connectivity index (χ0n) is 9.36. The van der Waals surface area contributed by atoms with Gasteiger partial charge in [-0.15, -0.1) is 0 Å². The number of aldehydes is 1. The normalized spacial score (nSPS) is 12.0. The summed E-state index contributed by atoms with van der Waals surface area (Å²) in [5.74, 6) is 0. The first-order valence-electron chi connectivity index (χ1n) is 4.92. The topological polar surface area (TPSA) is 47.8 Å². The van der Waals surface area contributed by atoms with E-state index in [0.29, 0.717) is 21.7 Å². The van der Waals surface area contributed by atoms with E-state index in [1.807, 2.05) is 25.3 Å². The molecule has 0 aliphatic rings. The fraction of sp³-hybridized carbons (Fsp3) is 0.364. The molecule has 2 aromatic heterocycles. The zero-order valence-corrected chi connectivity index (χ0v) is 10.1. The summed E-state index contributed by atoms with van der Waals surface area (Å²) in [5, 5.41) is 0.934. The monoisotopic (exact) mass is 237 g/mol. The van der Waals surface area contributed by atoms with Crippen LogP contribution < -0.4 is 0 Å².